The number of anilines is 1. The molecule has 3 rings (SSSR count). The lowest BCUT2D eigenvalue weighted by molar-refractivity contribution is 0.0713. The van der Waals surface area contributed by atoms with Crippen LogP contribution >= 0.6 is 0 Å². The second-order valence-electron chi connectivity index (χ2n) is 5.39. The van der Waals surface area contributed by atoms with Crippen LogP contribution in [0.4, 0.5) is 5.69 Å². The second kappa shape index (κ2) is 6.13. The third-order valence-electron chi connectivity index (χ3n) is 3.96. The molecule has 0 N–H and O–H groups in total. The summed E-state index contributed by atoms with van der Waals surface area (Å²) in [6.07, 6.45) is 0. The Morgan fingerprint density at radius 1 is 1.05 bits per heavy atom. The minimum atomic E-state index is -0.0255. The van der Waals surface area contributed by atoms with Gasteiger partial charge in [0, 0.05) is 31.9 Å². The third kappa shape index (κ3) is 2.93. The lowest BCUT2D eigenvalue weighted by Gasteiger charge is -2.35. The number of methoxy groups -OCH3 is 1. The van der Waals surface area contributed by atoms with E-state index in [0.717, 1.165) is 30.3 Å². The van der Waals surface area contributed by atoms with E-state index in [1.165, 1.54) is 0 Å². The molecule has 0 radical (unpaired) electrons. The highest BCUT2D eigenvalue weighted by Crippen LogP contribution is 2.21. The number of rotatable bonds is 3. The highest BCUT2D eigenvalue weighted by atomic mass is 16.5. The Labute approximate surface area is 130 Å². The first-order valence-corrected chi connectivity index (χ1v) is 7.42. The molecule has 116 valence electrons. The molecule has 0 bridgehead atoms. The van der Waals surface area contributed by atoms with Crippen molar-refractivity contribution in [1.29, 1.82) is 0 Å². The summed E-state index contributed by atoms with van der Waals surface area (Å²) in [6.45, 7) is 4.88. The molecule has 1 aromatic heterocycles. The first-order valence-electron chi connectivity index (χ1n) is 7.42. The summed E-state index contributed by atoms with van der Waals surface area (Å²) in [4.78, 5) is 16.5. The fraction of sp³-hybridized carbons (Fsp3) is 0.353. The number of nitrogens with zero attached hydrogens (tertiary/aromatic N) is 2. The lowest BCUT2D eigenvalue weighted by atomic mass is 10.2. The Morgan fingerprint density at radius 2 is 1.73 bits per heavy atom. The van der Waals surface area contributed by atoms with Gasteiger partial charge in [-0.05, 0) is 43.3 Å². The second-order valence-corrected chi connectivity index (χ2v) is 5.39. The summed E-state index contributed by atoms with van der Waals surface area (Å²) in [5, 5.41) is 0. The first-order chi connectivity index (χ1) is 10.7. The van der Waals surface area contributed by atoms with Crippen molar-refractivity contribution in [2.75, 3.05) is 38.2 Å². The van der Waals surface area contributed by atoms with Crippen LogP contribution in [0.1, 0.15) is 16.3 Å². The maximum absolute atomic E-state index is 12.3. The minimum absolute atomic E-state index is 0.0255. The average Bonchev–Trinajstić information content (AvgIpc) is 3.01. The van der Waals surface area contributed by atoms with E-state index >= 15 is 0 Å². The Bertz CT molecular complexity index is 640. The number of furan rings is 1. The quantitative estimate of drug-likeness (QED) is 0.874. The number of hydrogen-bond acceptors (Lipinski definition) is 4. The number of amides is 1. The van der Waals surface area contributed by atoms with E-state index in [1.807, 2.05) is 42.2 Å². The summed E-state index contributed by atoms with van der Waals surface area (Å²) >= 11 is 0. The zero-order chi connectivity index (χ0) is 15.5. The van der Waals surface area contributed by atoms with E-state index in [0.29, 0.717) is 18.8 Å². The summed E-state index contributed by atoms with van der Waals surface area (Å²) < 4.78 is 10.6. The molecule has 1 aliphatic heterocycles. The molecule has 2 aromatic rings. The van der Waals surface area contributed by atoms with E-state index in [2.05, 4.69) is 4.90 Å². The summed E-state index contributed by atoms with van der Waals surface area (Å²) in [5.74, 6) is 2.02. The number of ether oxygens (including phenoxy) is 1. The molecule has 5 heteroatoms. The van der Waals surface area contributed by atoms with Crippen molar-refractivity contribution >= 4 is 11.6 Å². The molecule has 5 nitrogen and oxygen atoms in total. The van der Waals surface area contributed by atoms with Gasteiger partial charge in [-0.15, -0.1) is 0 Å². The maximum Gasteiger partial charge on any atom is 0.289 e. The highest BCUT2D eigenvalue weighted by Gasteiger charge is 2.24. The van der Waals surface area contributed by atoms with Gasteiger partial charge in [-0.2, -0.15) is 0 Å². The number of carbonyl (C=O) groups excluding carboxylic acids is 1. The Hall–Kier alpha value is -2.43. The normalized spacial score (nSPS) is 15.0. The van der Waals surface area contributed by atoms with Gasteiger partial charge in [0.25, 0.3) is 5.91 Å². The van der Waals surface area contributed by atoms with Crippen LogP contribution < -0.4 is 9.64 Å². The third-order valence-corrected chi connectivity index (χ3v) is 3.96. The molecule has 1 aromatic carbocycles. The summed E-state index contributed by atoms with van der Waals surface area (Å²) in [6, 6.07) is 11.6. The summed E-state index contributed by atoms with van der Waals surface area (Å²) in [5.41, 5.74) is 1.15. The van der Waals surface area contributed by atoms with Gasteiger partial charge in [0.15, 0.2) is 5.76 Å². The molecule has 1 fully saturated rings. The Morgan fingerprint density at radius 3 is 2.27 bits per heavy atom. The lowest BCUT2D eigenvalue weighted by Crippen LogP contribution is -2.48. The van der Waals surface area contributed by atoms with Crippen LogP contribution in [0.2, 0.25) is 0 Å². The monoisotopic (exact) mass is 300 g/mol. The standard InChI is InChI=1S/C17H20N2O3/c1-13-3-8-16(22-13)17(20)19-11-9-18(10-12-19)14-4-6-15(21-2)7-5-14/h3-8H,9-12H2,1-2H3. The van der Waals surface area contributed by atoms with Crippen LogP contribution in [0, 0.1) is 6.92 Å². The van der Waals surface area contributed by atoms with Crippen LogP contribution in [-0.2, 0) is 0 Å². The van der Waals surface area contributed by atoms with Crippen molar-refractivity contribution in [2.45, 2.75) is 6.92 Å². The van der Waals surface area contributed by atoms with Crippen molar-refractivity contribution in [1.82, 2.24) is 4.90 Å². The van der Waals surface area contributed by atoms with Gasteiger partial charge in [0.05, 0.1) is 7.11 Å². The fourth-order valence-corrected chi connectivity index (χ4v) is 2.67. The van der Waals surface area contributed by atoms with Crippen LogP contribution in [0.25, 0.3) is 0 Å². The summed E-state index contributed by atoms with van der Waals surface area (Å²) in [7, 11) is 1.66. The van der Waals surface area contributed by atoms with Gasteiger partial charge in [-0.1, -0.05) is 0 Å². The van der Waals surface area contributed by atoms with Gasteiger partial charge in [0.2, 0.25) is 0 Å². The van der Waals surface area contributed by atoms with Crippen molar-refractivity contribution in [3.63, 3.8) is 0 Å². The van der Waals surface area contributed by atoms with Crippen LogP contribution in [0.5, 0.6) is 5.75 Å². The van der Waals surface area contributed by atoms with Crippen LogP contribution in [0.15, 0.2) is 40.8 Å². The van der Waals surface area contributed by atoms with Gasteiger partial charge in [0.1, 0.15) is 11.5 Å². The molecular formula is C17H20N2O3. The molecule has 1 aliphatic rings. The molecule has 0 spiro atoms. The number of aryl methyl sites for hydroxylation is 1. The van der Waals surface area contributed by atoms with Crippen molar-refractivity contribution < 1.29 is 13.9 Å². The predicted molar refractivity (Wildman–Crippen MR) is 84.6 cm³/mol. The predicted octanol–water partition coefficient (Wildman–Crippen LogP) is 2.56. The smallest absolute Gasteiger partial charge is 0.289 e. The van der Waals surface area contributed by atoms with E-state index in [9.17, 15) is 4.79 Å². The molecule has 2 heterocycles. The number of hydrogen-bond donors (Lipinski definition) is 0. The largest absolute Gasteiger partial charge is 0.497 e. The minimum Gasteiger partial charge on any atom is -0.497 e. The highest BCUT2D eigenvalue weighted by molar-refractivity contribution is 5.91. The van der Waals surface area contributed by atoms with Gasteiger partial charge < -0.3 is 19.0 Å². The van der Waals surface area contributed by atoms with E-state index < -0.39 is 0 Å². The van der Waals surface area contributed by atoms with Crippen LogP contribution in [-0.4, -0.2) is 44.1 Å². The van der Waals surface area contributed by atoms with Crippen LogP contribution in [0.3, 0.4) is 0 Å². The topological polar surface area (TPSA) is 45.9 Å². The SMILES string of the molecule is COc1ccc(N2CCN(C(=O)c3ccc(C)o3)CC2)cc1. The fourth-order valence-electron chi connectivity index (χ4n) is 2.67. The van der Waals surface area contributed by atoms with Gasteiger partial charge in [-0.3, -0.25) is 4.79 Å². The average molecular weight is 300 g/mol. The molecule has 0 atom stereocenters. The zero-order valence-electron chi connectivity index (χ0n) is 12.9. The zero-order valence-corrected chi connectivity index (χ0v) is 12.9. The Balaban J connectivity index is 1.61. The first kappa shape index (κ1) is 14.5. The molecule has 0 aliphatic carbocycles. The van der Waals surface area contributed by atoms with E-state index in [1.54, 1.807) is 13.2 Å². The molecule has 0 unspecified atom stereocenters. The van der Waals surface area contributed by atoms with Gasteiger partial charge in [-0.25, -0.2) is 0 Å². The van der Waals surface area contributed by atoms with Crippen molar-refractivity contribution in [2.24, 2.45) is 0 Å². The van der Waals surface area contributed by atoms with Crippen molar-refractivity contribution in [3.8, 4) is 5.75 Å². The molecule has 0 saturated carbocycles. The maximum atomic E-state index is 12.3. The van der Waals surface area contributed by atoms with Gasteiger partial charge >= 0.3 is 0 Å². The number of carbonyl (C=O) groups is 1. The molecular weight excluding hydrogens is 280 g/mol. The van der Waals surface area contributed by atoms with E-state index in [4.69, 9.17) is 9.15 Å². The van der Waals surface area contributed by atoms with Crippen molar-refractivity contribution in [3.05, 3.63) is 47.9 Å². The Kier molecular flexibility index (Phi) is 4.04. The van der Waals surface area contributed by atoms with E-state index in [-0.39, 0.29) is 5.91 Å². The molecule has 1 saturated heterocycles. The molecule has 1 amide bonds. The number of piperazine rings is 1. The molecule has 22 heavy (non-hydrogen) atoms. The number of benzene rings is 1.